The molecule has 0 spiro atoms. The molecule has 0 unspecified atom stereocenters. The summed E-state index contributed by atoms with van der Waals surface area (Å²) in [7, 11) is 0. The van der Waals surface area contributed by atoms with Gasteiger partial charge in [-0.1, -0.05) is 30.3 Å². The summed E-state index contributed by atoms with van der Waals surface area (Å²) < 4.78 is 5.37. The van der Waals surface area contributed by atoms with Crippen LogP contribution in [0, 0.1) is 0 Å². The molecule has 3 aromatic rings. The lowest BCUT2D eigenvalue weighted by molar-refractivity contribution is 0.429. The van der Waals surface area contributed by atoms with Crippen molar-refractivity contribution in [1.82, 2.24) is 20.7 Å². The molecule has 0 aliphatic rings. The van der Waals surface area contributed by atoms with Crippen LogP contribution >= 0.6 is 0 Å². The molecule has 0 fully saturated rings. The van der Waals surface area contributed by atoms with Crippen LogP contribution in [-0.4, -0.2) is 15.4 Å². The van der Waals surface area contributed by atoms with Gasteiger partial charge in [0, 0.05) is 12.1 Å². The number of aromatic amines is 1. The van der Waals surface area contributed by atoms with E-state index in [9.17, 15) is 0 Å². The Morgan fingerprint density at radius 1 is 1.15 bits per heavy atom. The van der Waals surface area contributed by atoms with Gasteiger partial charge in [0.2, 0.25) is 0 Å². The van der Waals surface area contributed by atoms with E-state index >= 15 is 0 Å². The Hall–Kier alpha value is -2.40. The van der Waals surface area contributed by atoms with Crippen LogP contribution in [0.15, 0.2) is 53.1 Å². The van der Waals surface area contributed by atoms with Crippen molar-refractivity contribution in [2.45, 2.75) is 19.5 Å². The second-order valence-corrected chi connectivity index (χ2v) is 4.60. The third-order valence-corrected chi connectivity index (χ3v) is 3.21. The van der Waals surface area contributed by atoms with E-state index in [0.29, 0.717) is 6.54 Å². The molecule has 0 saturated carbocycles. The molecule has 3 rings (SSSR count). The minimum absolute atomic E-state index is 0.130. The molecule has 2 N–H and O–H groups in total. The minimum atomic E-state index is 0.130. The van der Waals surface area contributed by atoms with Crippen molar-refractivity contribution in [3.63, 3.8) is 0 Å². The van der Waals surface area contributed by atoms with Crippen molar-refractivity contribution < 1.29 is 4.42 Å². The first-order valence-electron chi connectivity index (χ1n) is 6.56. The quantitative estimate of drug-likeness (QED) is 0.746. The summed E-state index contributed by atoms with van der Waals surface area (Å²) >= 11 is 0. The highest BCUT2D eigenvalue weighted by Crippen LogP contribution is 2.20. The molecule has 0 amide bonds. The van der Waals surface area contributed by atoms with Gasteiger partial charge in [0.15, 0.2) is 0 Å². The van der Waals surface area contributed by atoms with Crippen molar-refractivity contribution in [3.05, 3.63) is 60.2 Å². The summed E-state index contributed by atoms with van der Waals surface area (Å²) in [4.78, 5) is 0. The second kappa shape index (κ2) is 5.71. The molecule has 102 valence electrons. The number of hydrogen-bond acceptors (Lipinski definition) is 4. The normalized spacial score (nSPS) is 12.4. The van der Waals surface area contributed by atoms with Crippen molar-refractivity contribution in [1.29, 1.82) is 0 Å². The van der Waals surface area contributed by atoms with E-state index in [2.05, 4.69) is 27.7 Å². The van der Waals surface area contributed by atoms with Crippen LogP contribution in [0.3, 0.4) is 0 Å². The molecule has 1 aromatic carbocycles. The molecule has 0 aliphatic heterocycles. The van der Waals surface area contributed by atoms with E-state index in [-0.39, 0.29) is 6.04 Å². The smallest absolute Gasteiger partial charge is 0.120 e. The topological polar surface area (TPSA) is 66.7 Å². The third-order valence-electron chi connectivity index (χ3n) is 3.21. The van der Waals surface area contributed by atoms with Crippen LogP contribution in [0.25, 0.3) is 11.3 Å². The van der Waals surface area contributed by atoms with Gasteiger partial charge in [-0.3, -0.25) is 0 Å². The molecule has 0 radical (unpaired) electrons. The Labute approximate surface area is 117 Å². The fraction of sp³-hybridized carbons (Fsp3) is 0.200. The Morgan fingerprint density at radius 3 is 2.75 bits per heavy atom. The zero-order valence-electron chi connectivity index (χ0n) is 11.2. The number of aromatic nitrogens is 3. The minimum Gasteiger partial charge on any atom is -0.468 e. The van der Waals surface area contributed by atoms with Gasteiger partial charge in [-0.2, -0.15) is 15.4 Å². The van der Waals surface area contributed by atoms with Gasteiger partial charge in [-0.25, -0.2) is 0 Å². The number of nitrogens with zero attached hydrogens (tertiary/aromatic N) is 2. The number of hydrogen-bond donors (Lipinski definition) is 2. The first-order chi connectivity index (χ1) is 9.84. The summed E-state index contributed by atoms with van der Waals surface area (Å²) in [6, 6.07) is 14.0. The van der Waals surface area contributed by atoms with Crippen LogP contribution in [-0.2, 0) is 6.54 Å². The van der Waals surface area contributed by atoms with E-state index in [0.717, 1.165) is 22.7 Å². The molecule has 0 saturated heterocycles. The zero-order chi connectivity index (χ0) is 13.8. The highest BCUT2D eigenvalue weighted by molar-refractivity contribution is 5.60. The maximum Gasteiger partial charge on any atom is 0.120 e. The van der Waals surface area contributed by atoms with E-state index in [1.54, 1.807) is 6.26 Å². The van der Waals surface area contributed by atoms with Crippen molar-refractivity contribution in [2.75, 3.05) is 0 Å². The van der Waals surface area contributed by atoms with E-state index in [4.69, 9.17) is 4.42 Å². The molecular formula is C15H16N4O. The van der Waals surface area contributed by atoms with Gasteiger partial charge in [-0.05, 0) is 19.1 Å². The summed E-state index contributed by atoms with van der Waals surface area (Å²) in [6.45, 7) is 2.68. The molecule has 5 heteroatoms. The second-order valence-electron chi connectivity index (χ2n) is 4.60. The van der Waals surface area contributed by atoms with Crippen molar-refractivity contribution in [2.24, 2.45) is 0 Å². The van der Waals surface area contributed by atoms with Crippen molar-refractivity contribution in [3.8, 4) is 11.3 Å². The Balaban J connectivity index is 1.72. The SMILES string of the molecule is C[C@@H](NCc1n[nH]nc1-c1ccccc1)c1ccco1. The number of furan rings is 1. The molecule has 0 bridgehead atoms. The monoisotopic (exact) mass is 268 g/mol. The maximum absolute atomic E-state index is 5.37. The lowest BCUT2D eigenvalue weighted by atomic mass is 10.1. The first-order valence-corrected chi connectivity index (χ1v) is 6.56. The lowest BCUT2D eigenvalue weighted by Crippen LogP contribution is -2.18. The Kier molecular flexibility index (Phi) is 3.60. The van der Waals surface area contributed by atoms with Gasteiger partial charge in [0.25, 0.3) is 0 Å². The Morgan fingerprint density at radius 2 is 2.00 bits per heavy atom. The van der Waals surface area contributed by atoms with Crippen molar-refractivity contribution >= 4 is 0 Å². The fourth-order valence-electron chi connectivity index (χ4n) is 2.09. The first kappa shape index (κ1) is 12.6. The number of rotatable bonds is 5. The van der Waals surface area contributed by atoms with E-state index in [1.165, 1.54) is 0 Å². The average Bonchev–Trinajstić information content (AvgIpc) is 3.17. The van der Waals surface area contributed by atoms with Crippen LogP contribution < -0.4 is 5.32 Å². The summed E-state index contributed by atoms with van der Waals surface area (Å²) in [5, 5.41) is 14.5. The summed E-state index contributed by atoms with van der Waals surface area (Å²) in [6.07, 6.45) is 1.68. The molecule has 20 heavy (non-hydrogen) atoms. The number of nitrogens with one attached hydrogen (secondary N) is 2. The van der Waals surface area contributed by atoms with Gasteiger partial charge in [0.05, 0.1) is 12.3 Å². The standard InChI is InChI=1S/C15H16N4O/c1-11(14-8-5-9-20-14)16-10-13-15(18-19-17-13)12-6-3-2-4-7-12/h2-9,11,16H,10H2,1H3,(H,17,18,19)/t11-/m1/s1. The lowest BCUT2D eigenvalue weighted by Gasteiger charge is -2.10. The van der Waals surface area contributed by atoms with Gasteiger partial charge < -0.3 is 9.73 Å². The summed E-state index contributed by atoms with van der Waals surface area (Å²) in [5.74, 6) is 0.912. The molecule has 2 heterocycles. The van der Waals surface area contributed by atoms with Gasteiger partial charge in [0.1, 0.15) is 17.1 Å². The number of benzene rings is 1. The third kappa shape index (κ3) is 2.62. The largest absolute Gasteiger partial charge is 0.468 e. The zero-order valence-corrected chi connectivity index (χ0v) is 11.2. The predicted octanol–water partition coefficient (Wildman–Crippen LogP) is 2.92. The van der Waals surface area contributed by atoms with E-state index < -0.39 is 0 Å². The average molecular weight is 268 g/mol. The predicted molar refractivity (Wildman–Crippen MR) is 75.8 cm³/mol. The highest BCUT2D eigenvalue weighted by Gasteiger charge is 2.12. The van der Waals surface area contributed by atoms with E-state index in [1.807, 2.05) is 42.5 Å². The maximum atomic E-state index is 5.37. The van der Waals surface area contributed by atoms with Crippen LogP contribution in [0.5, 0.6) is 0 Å². The Bertz CT molecular complexity index is 646. The van der Waals surface area contributed by atoms with Gasteiger partial charge in [-0.15, -0.1) is 0 Å². The summed E-state index contributed by atoms with van der Waals surface area (Å²) in [5.41, 5.74) is 2.84. The fourth-order valence-corrected chi connectivity index (χ4v) is 2.09. The molecule has 1 atom stereocenters. The molecular weight excluding hydrogens is 252 g/mol. The van der Waals surface area contributed by atoms with Crippen LogP contribution in [0.4, 0.5) is 0 Å². The number of H-pyrrole nitrogens is 1. The van der Waals surface area contributed by atoms with Gasteiger partial charge >= 0.3 is 0 Å². The molecule has 5 nitrogen and oxygen atoms in total. The molecule has 0 aliphatic carbocycles. The molecule has 2 aromatic heterocycles. The van der Waals surface area contributed by atoms with Crippen LogP contribution in [0.1, 0.15) is 24.4 Å². The highest BCUT2D eigenvalue weighted by atomic mass is 16.3. The van der Waals surface area contributed by atoms with Crippen LogP contribution in [0.2, 0.25) is 0 Å².